The molecule has 0 bridgehead atoms. The third-order valence-electron chi connectivity index (χ3n) is 1.94. The summed E-state index contributed by atoms with van der Waals surface area (Å²) in [7, 11) is 0. The van der Waals surface area contributed by atoms with Crippen molar-refractivity contribution in [3.63, 3.8) is 0 Å². The standard InChI is InChI=1S/C7H9NOS/c9-7-4-5-2-1-3-6(5)10-8-7/h1-4H2,(H,8,9). The number of allylic oxidation sites excluding steroid dienone is 1. The molecule has 54 valence electrons. The first-order valence-corrected chi connectivity index (χ1v) is 4.34. The summed E-state index contributed by atoms with van der Waals surface area (Å²) in [4.78, 5) is 12.3. The van der Waals surface area contributed by atoms with Crippen LogP contribution in [-0.4, -0.2) is 5.91 Å². The van der Waals surface area contributed by atoms with E-state index < -0.39 is 0 Å². The first-order chi connectivity index (χ1) is 4.86. The van der Waals surface area contributed by atoms with Crippen molar-refractivity contribution < 1.29 is 4.79 Å². The Morgan fingerprint density at radius 2 is 2.30 bits per heavy atom. The highest BCUT2D eigenvalue weighted by molar-refractivity contribution is 8.01. The van der Waals surface area contributed by atoms with E-state index in [9.17, 15) is 4.79 Å². The van der Waals surface area contributed by atoms with Crippen LogP contribution in [0.1, 0.15) is 25.7 Å². The maximum Gasteiger partial charge on any atom is 0.234 e. The minimum atomic E-state index is 0.172. The molecular weight excluding hydrogens is 146 g/mol. The van der Waals surface area contributed by atoms with E-state index in [1.54, 1.807) is 0 Å². The van der Waals surface area contributed by atoms with E-state index >= 15 is 0 Å². The van der Waals surface area contributed by atoms with Gasteiger partial charge in [-0.2, -0.15) is 0 Å². The molecule has 0 fully saturated rings. The van der Waals surface area contributed by atoms with Gasteiger partial charge in [-0.15, -0.1) is 0 Å². The molecule has 1 amide bonds. The Hall–Kier alpha value is -0.440. The second-order valence-electron chi connectivity index (χ2n) is 2.68. The Morgan fingerprint density at radius 1 is 1.40 bits per heavy atom. The van der Waals surface area contributed by atoms with Gasteiger partial charge in [0.1, 0.15) is 0 Å². The fourth-order valence-electron chi connectivity index (χ4n) is 1.44. The average molecular weight is 155 g/mol. The molecule has 0 atom stereocenters. The third-order valence-corrected chi connectivity index (χ3v) is 3.01. The van der Waals surface area contributed by atoms with Gasteiger partial charge in [0, 0.05) is 11.3 Å². The van der Waals surface area contributed by atoms with Gasteiger partial charge in [-0.25, -0.2) is 0 Å². The second-order valence-corrected chi connectivity index (χ2v) is 3.59. The average Bonchev–Trinajstić information content (AvgIpc) is 2.33. The van der Waals surface area contributed by atoms with E-state index in [2.05, 4.69) is 4.72 Å². The summed E-state index contributed by atoms with van der Waals surface area (Å²) in [6, 6.07) is 0. The second kappa shape index (κ2) is 2.31. The van der Waals surface area contributed by atoms with Gasteiger partial charge in [-0.05, 0) is 36.8 Å². The molecule has 3 heteroatoms. The summed E-state index contributed by atoms with van der Waals surface area (Å²) < 4.78 is 2.77. The first-order valence-electron chi connectivity index (χ1n) is 3.53. The molecule has 1 aliphatic carbocycles. The molecule has 0 aromatic carbocycles. The van der Waals surface area contributed by atoms with E-state index in [4.69, 9.17) is 0 Å². The lowest BCUT2D eigenvalue weighted by atomic mass is 10.1. The van der Waals surface area contributed by atoms with Crippen LogP contribution in [0.5, 0.6) is 0 Å². The molecule has 0 aromatic rings. The van der Waals surface area contributed by atoms with Crippen LogP contribution in [0.3, 0.4) is 0 Å². The van der Waals surface area contributed by atoms with Gasteiger partial charge in [-0.3, -0.25) is 9.52 Å². The number of amides is 1. The zero-order valence-corrected chi connectivity index (χ0v) is 6.46. The van der Waals surface area contributed by atoms with Crippen LogP contribution in [0.25, 0.3) is 0 Å². The molecule has 0 saturated carbocycles. The number of hydrogen-bond acceptors (Lipinski definition) is 2. The normalized spacial score (nSPS) is 24.6. The minimum absolute atomic E-state index is 0.172. The van der Waals surface area contributed by atoms with Crippen molar-refractivity contribution in [1.29, 1.82) is 0 Å². The van der Waals surface area contributed by atoms with Gasteiger partial charge >= 0.3 is 0 Å². The highest BCUT2D eigenvalue weighted by Gasteiger charge is 2.22. The fraction of sp³-hybridized carbons (Fsp3) is 0.571. The zero-order chi connectivity index (χ0) is 6.97. The smallest absolute Gasteiger partial charge is 0.234 e. The third kappa shape index (κ3) is 0.944. The van der Waals surface area contributed by atoms with Crippen LogP contribution in [0.15, 0.2) is 10.5 Å². The van der Waals surface area contributed by atoms with Crippen molar-refractivity contribution in [2.24, 2.45) is 0 Å². The van der Waals surface area contributed by atoms with Crippen molar-refractivity contribution in [2.75, 3.05) is 0 Å². The summed E-state index contributed by atoms with van der Waals surface area (Å²) in [6.45, 7) is 0. The van der Waals surface area contributed by atoms with E-state index in [-0.39, 0.29) is 5.91 Å². The number of nitrogens with one attached hydrogen (secondary N) is 1. The molecule has 10 heavy (non-hydrogen) atoms. The Bertz CT molecular complexity index is 210. The number of rotatable bonds is 0. The lowest BCUT2D eigenvalue weighted by molar-refractivity contribution is -0.118. The van der Waals surface area contributed by atoms with Gasteiger partial charge in [0.15, 0.2) is 0 Å². The summed E-state index contributed by atoms with van der Waals surface area (Å²) in [5.41, 5.74) is 1.38. The Morgan fingerprint density at radius 3 is 3.20 bits per heavy atom. The first kappa shape index (κ1) is 6.28. The SMILES string of the molecule is O=C1CC2=C(CCC2)SN1. The van der Waals surface area contributed by atoms with Gasteiger partial charge in [0.25, 0.3) is 0 Å². The topological polar surface area (TPSA) is 29.1 Å². The molecule has 0 radical (unpaired) electrons. The van der Waals surface area contributed by atoms with Crippen LogP contribution in [0.2, 0.25) is 0 Å². The van der Waals surface area contributed by atoms with Crippen LogP contribution >= 0.6 is 11.9 Å². The van der Waals surface area contributed by atoms with E-state index in [0.717, 1.165) is 6.42 Å². The van der Waals surface area contributed by atoms with Gasteiger partial charge in [0.2, 0.25) is 5.91 Å². The molecule has 0 spiro atoms. The number of hydrogen-bond donors (Lipinski definition) is 1. The molecule has 1 N–H and O–H groups in total. The molecule has 2 nitrogen and oxygen atoms in total. The fourth-order valence-corrected chi connectivity index (χ4v) is 2.31. The van der Waals surface area contributed by atoms with E-state index in [1.165, 1.54) is 35.3 Å². The Kier molecular flexibility index (Phi) is 1.45. The summed E-state index contributed by atoms with van der Waals surface area (Å²) in [5.74, 6) is 0.172. The maximum atomic E-state index is 10.8. The van der Waals surface area contributed by atoms with Crippen molar-refractivity contribution in [3.05, 3.63) is 10.5 Å². The minimum Gasteiger partial charge on any atom is -0.296 e. The summed E-state index contributed by atoms with van der Waals surface area (Å²) in [5, 5.41) is 0. The van der Waals surface area contributed by atoms with Crippen LogP contribution in [0, 0.1) is 0 Å². The molecular formula is C7H9NOS. The maximum absolute atomic E-state index is 10.8. The van der Waals surface area contributed by atoms with Gasteiger partial charge in [0.05, 0.1) is 0 Å². The van der Waals surface area contributed by atoms with E-state index in [1.807, 2.05) is 0 Å². The Labute approximate surface area is 64.2 Å². The molecule has 0 saturated heterocycles. The molecule has 2 aliphatic rings. The molecule has 1 aliphatic heterocycles. The lowest BCUT2D eigenvalue weighted by Gasteiger charge is -2.12. The van der Waals surface area contributed by atoms with Gasteiger partial charge < -0.3 is 0 Å². The highest BCUT2D eigenvalue weighted by Crippen LogP contribution is 2.37. The molecule has 2 rings (SSSR count). The molecule has 0 aromatic heterocycles. The zero-order valence-electron chi connectivity index (χ0n) is 5.64. The van der Waals surface area contributed by atoms with E-state index in [0.29, 0.717) is 6.42 Å². The monoisotopic (exact) mass is 155 g/mol. The molecule has 1 heterocycles. The summed E-state index contributed by atoms with van der Waals surface area (Å²) >= 11 is 1.52. The number of carbonyl (C=O) groups is 1. The van der Waals surface area contributed by atoms with Gasteiger partial charge in [-0.1, -0.05) is 0 Å². The predicted molar refractivity (Wildman–Crippen MR) is 41.2 cm³/mol. The van der Waals surface area contributed by atoms with Crippen molar-refractivity contribution in [3.8, 4) is 0 Å². The molecule has 0 unspecified atom stereocenters. The highest BCUT2D eigenvalue weighted by atomic mass is 32.2. The largest absolute Gasteiger partial charge is 0.296 e. The summed E-state index contributed by atoms with van der Waals surface area (Å²) in [6.07, 6.45) is 4.23. The van der Waals surface area contributed by atoms with Crippen LogP contribution in [-0.2, 0) is 4.79 Å². The number of carbonyl (C=O) groups excluding carboxylic acids is 1. The lowest BCUT2D eigenvalue weighted by Crippen LogP contribution is -2.19. The van der Waals surface area contributed by atoms with Crippen LogP contribution < -0.4 is 4.72 Å². The van der Waals surface area contributed by atoms with Crippen molar-refractivity contribution >= 4 is 17.9 Å². The predicted octanol–water partition coefficient (Wildman–Crippen LogP) is 1.59. The quantitative estimate of drug-likeness (QED) is 0.538. The van der Waals surface area contributed by atoms with Crippen LogP contribution in [0.4, 0.5) is 0 Å². The van der Waals surface area contributed by atoms with Crippen molar-refractivity contribution in [2.45, 2.75) is 25.7 Å². The van der Waals surface area contributed by atoms with Crippen molar-refractivity contribution in [1.82, 2.24) is 4.72 Å². The Balaban J connectivity index is 2.21.